The lowest BCUT2D eigenvalue weighted by molar-refractivity contribution is -0.119. The Kier molecular flexibility index (Phi) is 8.51. The molecule has 1 atom stereocenters. The van der Waals surface area contributed by atoms with Crippen molar-refractivity contribution in [2.45, 2.75) is 12.5 Å². The molecule has 0 aromatic carbocycles. The van der Waals surface area contributed by atoms with E-state index >= 15 is 0 Å². The molecule has 0 aromatic rings. The zero-order valence-corrected chi connectivity index (χ0v) is 11.0. The molecular formula is C8H15ClN4O3S. The van der Waals surface area contributed by atoms with Crippen LogP contribution in [-0.4, -0.2) is 47.4 Å². The van der Waals surface area contributed by atoms with Crippen molar-refractivity contribution < 1.29 is 9.59 Å². The first-order valence-electron chi connectivity index (χ1n) is 4.82. The Morgan fingerprint density at radius 1 is 1.59 bits per heavy atom. The summed E-state index contributed by atoms with van der Waals surface area (Å²) in [6, 6.07) is -1.58. The van der Waals surface area contributed by atoms with Crippen molar-refractivity contribution in [3.8, 4) is 0 Å². The summed E-state index contributed by atoms with van der Waals surface area (Å²) in [6.07, 6.45) is 2.27. The highest BCUT2D eigenvalue weighted by atomic mass is 35.5. The van der Waals surface area contributed by atoms with Crippen molar-refractivity contribution in [1.29, 1.82) is 0 Å². The number of rotatable bonds is 8. The van der Waals surface area contributed by atoms with Crippen LogP contribution in [0.15, 0.2) is 5.29 Å². The van der Waals surface area contributed by atoms with Crippen LogP contribution < -0.4 is 11.1 Å². The molecule has 9 heteroatoms. The van der Waals surface area contributed by atoms with E-state index in [1.54, 1.807) is 0 Å². The predicted molar refractivity (Wildman–Crippen MR) is 67.7 cm³/mol. The average molecular weight is 283 g/mol. The van der Waals surface area contributed by atoms with E-state index in [2.05, 4.69) is 10.6 Å². The molecule has 0 rings (SSSR count). The minimum Gasteiger partial charge on any atom is -0.368 e. The van der Waals surface area contributed by atoms with Crippen molar-refractivity contribution in [3.05, 3.63) is 4.91 Å². The van der Waals surface area contributed by atoms with Crippen LogP contribution in [0.2, 0.25) is 0 Å². The van der Waals surface area contributed by atoms with E-state index < -0.39 is 18.0 Å². The van der Waals surface area contributed by atoms with E-state index in [9.17, 15) is 14.5 Å². The number of carbonyl (C=O) groups excluding carboxylic acids is 2. The third-order valence-electron chi connectivity index (χ3n) is 1.88. The average Bonchev–Trinajstić information content (AvgIpc) is 2.30. The third kappa shape index (κ3) is 6.32. The third-order valence-corrected chi connectivity index (χ3v) is 2.69. The normalized spacial score (nSPS) is 11.6. The fourth-order valence-electron chi connectivity index (χ4n) is 1.00. The summed E-state index contributed by atoms with van der Waals surface area (Å²) >= 11 is 6.91. The van der Waals surface area contributed by atoms with Crippen LogP contribution in [0.5, 0.6) is 0 Å². The summed E-state index contributed by atoms with van der Waals surface area (Å²) in [4.78, 5) is 32.9. The lowest BCUT2D eigenvalue weighted by Gasteiger charge is -2.18. The van der Waals surface area contributed by atoms with Crippen molar-refractivity contribution in [3.63, 3.8) is 0 Å². The highest BCUT2D eigenvalue weighted by molar-refractivity contribution is 7.98. The number of nitrogens with two attached hydrogens (primary N) is 1. The lowest BCUT2D eigenvalue weighted by atomic mass is 10.2. The van der Waals surface area contributed by atoms with Gasteiger partial charge in [-0.3, -0.25) is 4.79 Å². The Morgan fingerprint density at radius 2 is 2.24 bits per heavy atom. The Bertz CT molecular complexity index is 279. The van der Waals surface area contributed by atoms with Gasteiger partial charge in [-0.05, 0) is 18.4 Å². The van der Waals surface area contributed by atoms with Gasteiger partial charge in [-0.1, -0.05) is 0 Å². The first kappa shape index (κ1) is 16.0. The zero-order chi connectivity index (χ0) is 13.3. The highest BCUT2D eigenvalue weighted by Crippen LogP contribution is 2.02. The predicted octanol–water partition coefficient (Wildman–Crippen LogP) is 0.525. The largest absolute Gasteiger partial charge is 0.368 e. The van der Waals surface area contributed by atoms with E-state index in [0.717, 1.165) is 0 Å². The molecule has 0 aliphatic heterocycles. The first-order chi connectivity index (χ1) is 8.06. The number of nitrogens with one attached hydrogen (secondary N) is 1. The molecule has 0 bridgehead atoms. The van der Waals surface area contributed by atoms with Gasteiger partial charge in [-0.2, -0.15) is 16.8 Å². The number of hydrogen-bond acceptors (Lipinski definition) is 5. The van der Waals surface area contributed by atoms with Crippen molar-refractivity contribution >= 4 is 35.3 Å². The molecule has 0 unspecified atom stereocenters. The van der Waals surface area contributed by atoms with Crippen molar-refractivity contribution in [1.82, 2.24) is 10.3 Å². The quantitative estimate of drug-likeness (QED) is 0.385. The minimum atomic E-state index is -0.811. The summed E-state index contributed by atoms with van der Waals surface area (Å²) in [5, 5.41) is 5.45. The first-order valence-corrected chi connectivity index (χ1v) is 6.75. The fourth-order valence-corrected chi connectivity index (χ4v) is 1.64. The van der Waals surface area contributed by atoms with Gasteiger partial charge in [0.15, 0.2) is 0 Å². The van der Waals surface area contributed by atoms with Crippen LogP contribution in [0.1, 0.15) is 6.42 Å². The molecule has 7 nitrogen and oxygen atoms in total. The SMILES string of the molecule is CSCC[C@H](NC(=O)N(CCCl)N=O)C(N)=O. The van der Waals surface area contributed by atoms with Crippen LogP contribution in [0.3, 0.4) is 0 Å². The second-order valence-electron chi connectivity index (χ2n) is 3.08. The smallest absolute Gasteiger partial charge is 0.341 e. The molecule has 0 saturated carbocycles. The number of primary amides is 1. The van der Waals surface area contributed by atoms with Gasteiger partial charge >= 0.3 is 6.03 Å². The van der Waals surface area contributed by atoms with E-state index in [1.807, 2.05) is 6.26 Å². The van der Waals surface area contributed by atoms with Gasteiger partial charge in [0, 0.05) is 5.88 Å². The van der Waals surface area contributed by atoms with E-state index in [4.69, 9.17) is 17.3 Å². The number of alkyl halides is 1. The minimum absolute atomic E-state index is 0.0229. The van der Waals surface area contributed by atoms with Crippen LogP contribution in [0.25, 0.3) is 0 Å². The maximum Gasteiger partial charge on any atom is 0.341 e. The molecule has 0 heterocycles. The number of urea groups is 1. The maximum atomic E-state index is 11.5. The Hall–Kier alpha value is -1.02. The topological polar surface area (TPSA) is 105 Å². The van der Waals surface area contributed by atoms with Crippen LogP contribution >= 0.6 is 23.4 Å². The van der Waals surface area contributed by atoms with E-state index in [1.165, 1.54) is 11.8 Å². The molecule has 17 heavy (non-hydrogen) atoms. The molecule has 0 saturated heterocycles. The van der Waals surface area contributed by atoms with Gasteiger partial charge in [0.2, 0.25) is 5.91 Å². The standard InChI is InChI=1S/C8H15ClN4O3S/c1-17-5-2-6(7(10)14)11-8(15)13(12-16)4-3-9/h6H,2-5H2,1H3,(H2,10,14)(H,11,15)/t6-/m0/s1. The second-order valence-corrected chi connectivity index (χ2v) is 4.44. The van der Waals surface area contributed by atoms with Gasteiger partial charge in [-0.15, -0.1) is 16.5 Å². The highest BCUT2D eigenvalue weighted by Gasteiger charge is 2.21. The molecule has 0 spiro atoms. The fraction of sp³-hybridized carbons (Fsp3) is 0.750. The molecule has 0 aliphatic rings. The van der Waals surface area contributed by atoms with Gasteiger partial charge in [0.1, 0.15) is 6.04 Å². The van der Waals surface area contributed by atoms with Crippen LogP contribution in [-0.2, 0) is 4.79 Å². The van der Waals surface area contributed by atoms with Crippen LogP contribution in [0.4, 0.5) is 4.79 Å². The number of thioether (sulfide) groups is 1. The van der Waals surface area contributed by atoms with Gasteiger partial charge in [-0.25, -0.2) is 4.79 Å². The monoisotopic (exact) mass is 282 g/mol. The molecule has 3 amide bonds. The molecule has 0 aliphatic carbocycles. The number of hydrogen-bond donors (Lipinski definition) is 2. The van der Waals surface area contributed by atoms with E-state index in [0.29, 0.717) is 17.2 Å². The summed E-state index contributed by atoms with van der Waals surface area (Å²) in [5.41, 5.74) is 5.13. The van der Waals surface area contributed by atoms with Gasteiger partial charge < -0.3 is 11.1 Å². The Labute approximate surface area is 108 Å². The number of nitrogens with zero attached hydrogens (tertiary/aromatic N) is 2. The number of carbonyl (C=O) groups is 2. The second kappa shape index (κ2) is 9.06. The lowest BCUT2D eigenvalue weighted by Crippen LogP contribution is -2.49. The summed E-state index contributed by atoms with van der Waals surface area (Å²) in [7, 11) is 0. The number of amides is 3. The number of halogens is 1. The molecule has 98 valence electrons. The molecule has 0 fully saturated rings. The summed E-state index contributed by atoms with van der Waals surface area (Å²) < 4.78 is 0. The molecular weight excluding hydrogens is 268 g/mol. The van der Waals surface area contributed by atoms with Crippen molar-refractivity contribution in [2.24, 2.45) is 11.0 Å². The van der Waals surface area contributed by atoms with Crippen molar-refractivity contribution in [2.75, 3.05) is 24.4 Å². The molecule has 0 radical (unpaired) electrons. The molecule has 0 aromatic heterocycles. The zero-order valence-electron chi connectivity index (χ0n) is 9.39. The Balaban J connectivity index is 4.36. The van der Waals surface area contributed by atoms with Gasteiger partial charge in [0.05, 0.1) is 11.8 Å². The number of nitroso groups, excluding NO2 is 1. The van der Waals surface area contributed by atoms with E-state index in [-0.39, 0.29) is 12.4 Å². The summed E-state index contributed by atoms with van der Waals surface area (Å²) in [5.74, 6) is 0.0902. The van der Waals surface area contributed by atoms with Gasteiger partial charge in [0.25, 0.3) is 0 Å². The molecule has 3 N–H and O–H groups in total. The maximum absolute atomic E-state index is 11.5. The summed E-state index contributed by atoms with van der Waals surface area (Å²) in [6.45, 7) is -0.0229. The van der Waals surface area contributed by atoms with Crippen LogP contribution in [0, 0.1) is 4.91 Å². The Morgan fingerprint density at radius 3 is 2.65 bits per heavy atom.